The van der Waals surface area contributed by atoms with Crippen molar-refractivity contribution in [3.8, 4) is 5.75 Å². The molecule has 0 aromatic heterocycles. The quantitative estimate of drug-likeness (QED) is 0.719. The van der Waals surface area contributed by atoms with E-state index in [0.29, 0.717) is 17.9 Å². The molecule has 0 fully saturated rings. The van der Waals surface area contributed by atoms with Crippen LogP contribution in [0, 0.1) is 5.82 Å². The summed E-state index contributed by atoms with van der Waals surface area (Å²) in [7, 11) is 0. The van der Waals surface area contributed by atoms with Crippen molar-refractivity contribution in [1.82, 2.24) is 0 Å². The number of aliphatic hydroxyl groups is 2. The number of hydrogen-bond donors (Lipinski definition) is 3. The molecule has 0 bridgehead atoms. The zero-order chi connectivity index (χ0) is 15.2. The maximum Gasteiger partial charge on any atom is 0.123 e. The van der Waals surface area contributed by atoms with E-state index in [2.05, 4.69) is 12.6 Å². The normalized spacial score (nSPS) is 13.7. The predicted molar refractivity (Wildman–Crippen MR) is 82.0 cm³/mol. The van der Waals surface area contributed by atoms with Gasteiger partial charge in [0, 0.05) is 5.75 Å². The lowest BCUT2D eigenvalue weighted by molar-refractivity contribution is 0.0337. The molecule has 0 aliphatic rings. The number of thiol groups is 1. The predicted octanol–water partition coefficient (Wildman–Crippen LogP) is 2.73. The van der Waals surface area contributed by atoms with Crippen LogP contribution in [0.3, 0.4) is 0 Å². The largest absolute Gasteiger partial charge is 0.489 e. The Kier molecular flexibility index (Phi) is 5.61. The van der Waals surface area contributed by atoms with Gasteiger partial charge in [0.1, 0.15) is 24.3 Å². The zero-order valence-electron chi connectivity index (χ0n) is 11.3. The second-order valence-corrected chi connectivity index (χ2v) is 5.04. The van der Waals surface area contributed by atoms with Gasteiger partial charge in [-0.2, -0.15) is 12.6 Å². The number of hydrogen-bond acceptors (Lipinski definition) is 4. The van der Waals surface area contributed by atoms with Crippen LogP contribution in [0.25, 0.3) is 0 Å². The van der Waals surface area contributed by atoms with E-state index in [1.54, 1.807) is 36.4 Å². The molecule has 0 aliphatic heterocycles. The third-order valence-electron chi connectivity index (χ3n) is 3.09. The summed E-state index contributed by atoms with van der Waals surface area (Å²) in [6.07, 6.45) is -1.87. The lowest BCUT2D eigenvalue weighted by atomic mass is 10.1. The summed E-state index contributed by atoms with van der Waals surface area (Å²) in [6.45, 7) is 0.335. The third kappa shape index (κ3) is 4.46. The van der Waals surface area contributed by atoms with E-state index in [0.717, 1.165) is 5.56 Å². The highest BCUT2D eigenvalue weighted by atomic mass is 32.1. The van der Waals surface area contributed by atoms with Gasteiger partial charge in [-0.3, -0.25) is 0 Å². The lowest BCUT2D eigenvalue weighted by Gasteiger charge is -2.16. The van der Waals surface area contributed by atoms with Crippen molar-refractivity contribution in [2.75, 3.05) is 5.75 Å². The summed E-state index contributed by atoms with van der Waals surface area (Å²) in [4.78, 5) is 0. The van der Waals surface area contributed by atoms with Crippen LogP contribution in [-0.4, -0.2) is 22.1 Å². The molecule has 0 radical (unpaired) electrons. The van der Waals surface area contributed by atoms with E-state index >= 15 is 0 Å². The smallest absolute Gasteiger partial charge is 0.123 e. The fourth-order valence-corrected chi connectivity index (χ4v) is 2.03. The molecule has 2 N–H and O–H groups in total. The van der Waals surface area contributed by atoms with Crippen molar-refractivity contribution in [3.05, 3.63) is 65.5 Å². The van der Waals surface area contributed by atoms with E-state index in [1.807, 2.05) is 0 Å². The molecule has 0 saturated heterocycles. The van der Waals surface area contributed by atoms with E-state index in [1.165, 1.54) is 12.1 Å². The Morgan fingerprint density at radius 1 is 1.00 bits per heavy atom. The second kappa shape index (κ2) is 7.45. The molecule has 2 atom stereocenters. The van der Waals surface area contributed by atoms with Crippen LogP contribution in [0.1, 0.15) is 17.2 Å². The number of ether oxygens (including phenoxy) is 1. The van der Waals surface area contributed by atoms with Crippen molar-refractivity contribution in [3.63, 3.8) is 0 Å². The average Bonchev–Trinajstić information content (AvgIpc) is 2.53. The minimum absolute atomic E-state index is 0.185. The number of aliphatic hydroxyl groups excluding tert-OH is 2. The second-order valence-electron chi connectivity index (χ2n) is 4.68. The van der Waals surface area contributed by atoms with Gasteiger partial charge in [0.05, 0.1) is 6.10 Å². The van der Waals surface area contributed by atoms with Crippen LogP contribution in [0.15, 0.2) is 48.5 Å². The summed E-state index contributed by atoms with van der Waals surface area (Å²) < 4.78 is 18.3. The number of benzene rings is 2. The van der Waals surface area contributed by atoms with E-state index in [4.69, 9.17) is 4.74 Å². The number of halogens is 1. The molecule has 5 heteroatoms. The highest BCUT2D eigenvalue weighted by Gasteiger charge is 2.16. The molecule has 2 rings (SSSR count). The first-order valence-corrected chi connectivity index (χ1v) is 7.17. The highest BCUT2D eigenvalue weighted by Crippen LogP contribution is 2.21. The summed E-state index contributed by atoms with van der Waals surface area (Å²) in [5.41, 5.74) is 1.47. The molecular formula is C16H17FO3S. The van der Waals surface area contributed by atoms with Crippen molar-refractivity contribution in [2.45, 2.75) is 18.8 Å². The average molecular weight is 308 g/mol. The Morgan fingerprint density at radius 3 is 2.19 bits per heavy atom. The van der Waals surface area contributed by atoms with Gasteiger partial charge in [0.15, 0.2) is 0 Å². The maximum absolute atomic E-state index is 12.8. The Bertz CT molecular complexity index is 557. The van der Waals surface area contributed by atoms with Crippen molar-refractivity contribution < 1.29 is 19.3 Å². The summed E-state index contributed by atoms with van der Waals surface area (Å²) >= 11 is 3.95. The van der Waals surface area contributed by atoms with E-state index in [-0.39, 0.29) is 11.6 Å². The Hall–Kier alpha value is -1.56. The van der Waals surface area contributed by atoms with Gasteiger partial charge in [-0.15, -0.1) is 0 Å². The Balaban J connectivity index is 1.94. The highest BCUT2D eigenvalue weighted by molar-refractivity contribution is 7.80. The SMILES string of the molecule is OC(CS)C(O)c1ccc(OCc2ccc(F)cc2)cc1. The van der Waals surface area contributed by atoms with Crippen LogP contribution in [0.4, 0.5) is 4.39 Å². The monoisotopic (exact) mass is 308 g/mol. The van der Waals surface area contributed by atoms with Crippen molar-refractivity contribution in [2.24, 2.45) is 0 Å². The van der Waals surface area contributed by atoms with Crippen LogP contribution in [0.2, 0.25) is 0 Å². The van der Waals surface area contributed by atoms with Crippen LogP contribution in [-0.2, 0) is 6.61 Å². The van der Waals surface area contributed by atoms with Gasteiger partial charge < -0.3 is 14.9 Å². The Labute approximate surface area is 128 Å². The van der Waals surface area contributed by atoms with Gasteiger partial charge in [-0.25, -0.2) is 4.39 Å². The molecule has 0 aliphatic carbocycles. The molecule has 2 unspecified atom stereocenters. The molecule has 2 aromatic carbocycles. The fourth-order valence-electron chi connectivity index (χ4n) is 1.83. The van der Waals surface area contributed by atoms with E-state index < -0.39 is 12.2 Å². The summed E-state index contributed by atoms with van der Waals surface area (Å²) in [5, 5.41) is 19.4. The third-order valence-corrected chi connectivity index (χ3v) is 3.47. The Morgan fingerprint density at radius 2 is 1.62 bits per heavy atom. The molecule has 112 valence electrons. The fraction of sp³-hybridized carbons (Fsp3) is 0.250. The van der Waals surface area contributed by atoms with Crippen molar-refractivity contribution in [1.29, 1.82) is 0 Å². The van der Waals surface area contributed by atoms with Gasteiger partial charge >= 0.3 is 0 Å². The molecular weight excluding hydrogens is 291 g/mol. The lowest BCUT2D eigenvalue weighted by Crippen LogP contribution is -2.19. The molecule has 0 saturated carbocycles. The molecule has 21 heavy (non-hydrogen) atoms. The van der Waals surface area contributed by atoms with Gasteiger partial charge in [-0.1, -0.05) is 24.3 Å². The maximum atomic E-state index is 12.8. The first-order chi connectivity index (χ1) is 10.1. The molecule has 2 aromatic rings. The zero-order valence-corrected chi connectivity index (χ0v) is 12.2. The molecule has 0 amide bonds. The topological polar surface area (TPSA) is 49.7 Å². The minimum atomic E-state index is -0.964. The van der Waals surface area contributed by atoms with Crippen molar-refractivity contribution >= 4 is 12.6 Å². The standard InChI is InChI=1S/C16H17FO3S/c17-13-5-1-11(2-6-13)9-20-14-7-3-12(4-8-14)16(19)15(18)10-21/h1-8,15-16,18-19,21H,9-10H2. The minimum Gasteiger partial charge on any atom is -0.489 e. The van der Waals surface area contributed by atoms with Crippen LogP contribution >= 0.6 is 12.6 Å². The number of rotatable bonds is 6. The molecule has 0 heterocycles. The first kappa shape index (κ1) is 15.8. The summed E-state index contributed by atoms with van der Waals surface area (Å²) in [5.74, 6) is 0.541. The van der Waals surface area contributed by atoms with Gasteiger partial charge in [-0.05, 0) is 35.4 Å². The van der Waals surface area contributed by atoms with Gasteiger partial charge in [0.25, 0.3) is 0 Å². The molecule has 3 nitrogen and oxygen atoms in total. The van der Waals surface area contributed by atoms with Gasteiger partial charge in [0.2, 0.25) is 0 Å². The van der Waals surface area contributed by atoms with E-state index in [9.17, 15) is 14.6 Å². The molecule has 0 spiro atoms. The first-order valence-electron chi connectivity index (χ1n) is 6.54. The van der Waals surface area contributed by atoms with Crippen LogP contribution in [0.5, 0.6) is 5.75 Å². The summed E-state index contributed by atoms with van der Waals surface area (Å²) in [6, 6.07) is 12.9. The van der Waals surface area contributed by atoms with Crippen LogP contribution < -0.4 is 4.74 Å².